The highest BCUT2D eigenvalue weighted by Gasteiger charge is 2.60. The van der Waals surface area contributed by atoms with E-state index in [4.69, 9.17) is 0 Å². The molecule has 0 amide bonds. The van der Waals surface area contributed by atoms with Crippen molar-refractivity contribution in [2.24, 2.45) is 5.92 Å². The Morgan fingerprint density at radius 1 is 1.33 bits per heavy atom. The highest BCUT2D eigenvalue weighted by atomic mass is 32.2. The quantitative estimate of drug-likeness (QED) is 0.907. The van der Waals surface area contributed by atoms with Crippen LogP contribution in [0.5, 0.6) is 0 Å². The number of hydrogen-bond donors (Lipinski definition) is 1. The number of aliphatic carboxylic acids is 1. The number of carboxylic acids is 1. The Hall–Kier alpha value is -1.36. The number of benzene rings is 1. The molecule has 0 unspecified atom stereocenters. The molecular formula is C16H22O4S. The third-order valence-electron chi connectivity index (χ3n) is 4.46. The zero-order chi connectivity index (χ0) is 15.8. The number of sulfone groups is 1. The van der Waals surface area contributed by atoms with Gasteiger partial charge in [0, 0.05) is 0 Å². The molecule has 0 aromatic heterocycles. The molecule has 0 heterocycles. The van der Waals surface area contributed by atoms with Crippen LogP contribution in [-0.4, -0.2) is 24.2 Å². The number of carboxylic acid groups (broad SMARTS) is 1. The van der Waals surface area contributed by atoms with Crippen LogP contribution in [0, 0.1) is 19.8 Å². The SMILES string of the molecule is CCCC1CC(C(=O)O)(S(=O)(=O)c2ccc(C)cc2C)C1. The molecule has 1 fully saturated rings. The van der Waals surface area contributed by atoms with Gasteiger partial charge in [-0.1, -0.05) is 37.5 Å². The predicted molar refractivity (Wildman–Crippen MR) is 81.1 cm³/mol. The molecule has 0 aliphatic heterocycles. The maximum atomic E-state index is 12.9. The van der Waals surface area contributed by atoms with Crippen LogP contribution >= 0.6 is 0 Å². The van der Waals surface area contributed by atoms with Crippen LogP contribution in [0.15, 0.2) is 23.1 Å². The highest BCUT2D eigenvalue weighted by molar-refractivity contribution is 7.93. The summed E-state index contributed by atoms with van der Waals surface area (Å²) in [6.07, 6.45) is 2.29. The summed E-state index contributed by atoms with van der Waals surface area (Å²) in [7, 11) is -3.86. The minimum Gasteiger partial charge on any atom is -0.480 e. The number of rotatable bonds is 5. The maximum absolute atomic E-state index is 12.9. The molecule has 1 aromatic carbocycles. The van der Waals surface area contributed by atoms with Crippen molar-refractivity contribution in [3.05, 3.63) is 29.3 Å². The Kier molecular flexibility index (Phi) is 4.15. The van der Waals surface area contributed by atoms with Gasteiger partial charge < -0.3 is 5.11 Å². The van der Waals surface area contributed by atoms with Gasteiger partial charge in [-0.15, -0.1) is 0 Å². The van der Waals surface area contributed by atoms with Gasteiger partial charge in [0.15, 0.2) is 14.6 Å². The van der Waals surface area contributed by atoms with E-state index < -0.39 is 20.6 Å². The van der Waals surface area contributed by atoms with E-state index in [2.05, 4.69) is 0 Å². The van der Waals surface area contributed by atoms with E-state index in [9.17, 15) is 18.3 Å². The van der Waals surface area contributed by atoms with Gasteiger partial charge in [-0.25, -0.2) is 8.42 Å². The lowest BCUT2D eigenvalue weighted by Crippen LogP contribution is -2.56. The zero-order valence-electron chi connectivity index (χ0n) is 12.7. The molecule has 1 aliphatic rings. The van der Waals surface area contributed by atoms with Gasteiger partial charge in [0.2, 0.25) is 0 Å². The Balaban J connectivity index is 2.43. The fraction of sp³-hybridized carbons (Fsp3) is 0.562. The molecular weight excluding hydrogens is 288 g/mol. The largest absolute Gasteiger partial charge is 0.480 e. The second-order valence-electron chi connectivity index (χ2n) is 6.13. The van der Waals surface area contributed by atoms with Crippen molar-refractivity contribution >= 4 is 15.8 Å². The first-order valence-corrected chi connectivity index (χ1v) is 8.78. The first-order valence-electron chi connectivity index (χ1n) is 7.30. The van der Waals surface area contributed by atoms with E-state index in [0.29, 0.717) is 5.56 Å². The average Bonchev–Trinajstić information content (AvgIpc) is 2.31. The number of hydrogen-bond acceptors (Lipinski definition) is 3. The molecule has 1 aromatic rings. The molecule has 2 rings (SSSR count). The summed E-state index contributed by atoms with van der Waals surface area (Å²) in [5, 5.41) is 9.53. The molecule has 1 N–H and O–H groups in total. The molecule has 1 aliphatic carbocycles. The van der Waals surface area contributed by atoms with Crippen molar-refractivity contribution in [3.8, 4) is 0 Å². The maximum Gasteiger partial charge on any atom is 0.325 e. The molecule has 0 saturated heterocycles. The third kappa shape index (κ3) is 2.48. The van der Waals surface area contributed by atoms with E-state index in [1.165, 1.54) is 6.07 Å². The molecule has 0 spiro atoms. The van der Waals surface area contributed by atoms with Gasteiger partial charge in [-0.2, -0.15) is 0 Å². The van der Waals surface area contributed by atoms with Crippen LogP contribution in [0.2, 0.25) is 0 Å². The van der Waals surface area contributed by atoms with Gasteiger partial charge in [0.05, 0.1) is 4.90 Å². The highest BCUT2D eigenvalue weighted by Crippen LogP contribution is 2.49. The normalized spacial score (nSPS) is 25.4. The van der Waals surface area contributed by atoms with Gasteiger partial charge in [0.25, 0.3) is 0 Å². The lowest BCUT2D eigenvalue weighted by molar-refractivity contribution is -0.144. The predicted octanol–water partition coefficient (Wildman–Crippen LogP) is 3.11. The van der Waals surface area contributed by atoms with Crippen LogP contribution < -0.4 is 0 Å². The van der Waals surface area contributed by atoms with Crippen LogP contribution in [0.1, 0.15) is 43.7 Å². The van der Waals surface area contributed by atoms with E-state index in [0.717, 1.165) is 18.4 Å². The van der Waals surface area contributed by atoms with E-state index >= 15 is 0 Å². The first kappa shape index (κ1) is 16.0. The van der Waals surface area contributed by atoms with Crippen molar-refractivity contribution in [1.82, 2.24) is 0 Å². The summed E-state index contributed by atoms with van der Waals surface area (Å²) < 4.78 is 24.1. The van der Waals surface area contributed by atoms with Crippen molar-refractivity contribution in [2.45, 2.75) is 56.1 Å². The monoisotopic (exact) mass is 310 g/mol. The van der Waals surface area contributed by atoms with E-state index in [1.54, 1.807) is 19.1 Å². The summed E-state index contributed by atoms with van der Waals surface area (Å²) in [4.78, 5) is 11.8. The Labute approximate surface area is 126 Å². The topological polar surface area (TPSA) is 71.4 Å². The average molecular weight is 310 g/mol. The minimum atomic E-state index is -3.86. The zero-order valence-corrected chi connectivity index (χ0v) is 13.5. The van der Waals surface area contributed by atoms with Crippen molar-refractivity contribution < 1.29 is 18.3 Å². The second kappa shape index (κ2) is 5.44. The van der Waals surface area contributed by atoms with Gasteiger partial charge in [0.1, 0.15) is 0 Å². The summed E-state index contributed by atoms with van der Waals surface area (Å²) in [6.45, 7) is 5.63. The van der Waals surface area contributed by atoms with Crippen molar-refractivity contribution in [2.75, 3.05) is 0 Å². The second-order valence-corrected chi connectivity index (χ2v) is 8.36. The fourth-order valence-electron chi connectivity index (χ4n) is 3.31. The number of carbonyl (C=O) groups is 1. The molecule has 1 saturated carbocycles. The van der Waals surface area contributed by atoms with Gasteiger partial charge in [-0.3, -0.25) is 4.79 Å². The fourth-order valence-corrected chi connectivity index (χ4v) is 5.60. The van der Waals surface area contributed by atoms with Gasteiger partial charge >= 0.3 is 5.97 Å². The summed E-state index contributed by atoms with van der Waals surface area (Å²) in [5.74, 6) is -1.01. The molecule has 0 radical (unpaired) electrons. The third-order valence-corrected chi connectivity index (χ3v) is 7.03. The Morgan fingerprint density at radius 3 is 2.43 bits per heavy atom. The first-order chi connectivity index (χ1) is 9.74. The van der Waals surface area contributed by atoms with Crippen LogP contribution in [0.25, 0.3) is 0 Å². The summed E-state index contributed by atoms with van der Waals surface area (Å²) in [5.41, 5.74) is 1.59. The summed E-state index contributed by atoms with van der Waals surface area (Å²) in [6, 6.07) is 5.04. The Morgan fingerprint density at radius 2 is 1.95 bits per heavy atom. The standard InChI is InChI=1S/C16H22O4S/c1-4-5-13-9-16(10-13,15(17)18)21(19,20)14-7-6-11(2)8-12(14)3/h6-8,13H,4-5,9-10H2,1-3H3,(H,17,18). The lowest BCUT2D eigenvalue weighted by atomic mass is 9.72. The lowest BCUT2D eigenvalue weighted by Gasteiger charge is -2.43. The van der Waals surface area contributed by atoms with E-state index in [1.807, 2.05) is 13.8 Å². The number of aryl methyl sites for hydroxylation is 2. The molecule has 4 nitrogen and oxygen atoms in total. The van der Waals surface area contributed by atoms with Crippen LogP contribution in [0.3, 0.4) is 0 Å². The molecule has 5 heteroatoms. The summed E-state index contributed by atoms with van der Waals surface area (Å²) >= 11 is 0. The van der Waals surface area contributed by atoms with E-state index in [-0.39, 0.29) is 23.7 Å². The molecule has 116 valence electrons. The minimum absolute atomic E-state index is 0.158. The molecule has 0 bridgehead atoms. The van der Waals surface area contributed by atoms with Crippen LogP contribution in [0.4, 0.5) is 0 Å². The van der Waals surface area contributed by atoms with Gasteiger partial charge in [-0.05, 0) is 44.2 Å². The van der Waals surface area contributed by atoms with Crippen molar-refractivity contribution in [1.29, 1.82) is 0 Å². The molecule has 0 atom stereocenters. The molecule has 21 heavy (non-hydrogen) atoms. The van der Waals surface area contributed by atoms with Crippen molar-refractivity contribution in [3.63, 3.8) is 0 Å². The smallest absolute Gasteiger partial charge is 0.325 e. The Bertz CT molecular complexity index is 655. The van der Waals surface area contributed by atoms with Crippen LogP contribution in [-0.2, 0) is 14.6 Å².